The number of rotatable bonds is 6. The van der Waals surface area contributed by atoms with Crippen LogP contribution in [-0.4, -0.2) is 38.8 Å². The van der Waals surface area contributed by atoms with E-state index in [1.165, 1.54) is 0 Å². The van der Waals surface area contributed by atoms with E-state index in [1.54, 1.807) is 7.05 Å². The molecule has 0 unspecified atom stereocenters. The molecule has 0 radical (unpaired) electrons. The third kappa shape index (κ3) is 7.86. The van der Waals surface area contributed by atoms with Gasteiger partial charge in [0.25, 0.3) is 0 Å². The highest BCUT2D eigenvalue weighted by atomic mass is 16.5. The summed E-state index contributed by atoms with van der Waals surface area (Å²) in [6.07, 6.45) is 1.01. The highest BCUT2D eigenvalue weighted by Crippen LogP contribution is 1.81. The molecule has 0 rings (SSSR count). The Morgan fingerprint density at radius 1 is 1.43 bits per heavy atom. The summed E-state index contributed by atoms with van der Waals surface area (Å²) in [7, 11) is 1.78. The van der Waals surface area contributed by atoms with Crippen LogP contribution < -0.4 is 10.6 Å². The molecular formula is C10H23N3O. The molecule has 0 aromatic rings. The van der Waals surface area contributed by atoms with Crippen molar-refractivity contribution in [2.24, 2.45) is 4.99 Å². The SMILES string of the molecule is CCOCCCNC(=NC)NC(C)C. The quantitative estimate of drug-likeness (QED) is 0.383. The molecule has 0 spiro atoms. The van der Waals surface area contributed by atoms with Crippen molar-refractivity contribution in [1.29, 1.82) is 0 Å². The van der Waals surface area contributed by atoms with Gasteiger partial charge in [-0.1, -0.05) is 0 Å². The summed E-state index contributed by atoms with van der Waals surface area (Å²) in [4.78, 5) is 4.10. The molecule has 0 aromatic carbocycles. The Balaban J connectivity index is 3.44. The minimum absolute atomic E-state index is 0.410. The number of hydrogen-bond acceptors (Lipinski definition) is 2. The van der Waals surface area contributed by atoms with Crippen molar-refractivity contribution in [3.8, 4) is 0 Å². The lowest BCUT2D eigenvalue weighted by Gasteiger charge is -2.14. The number of ether oxygens (including phenoxy) is 1. The van der Waals surface area contributed by atoms with Gasteiger partial charge in [0.15, 0.2) is 5.96 Å². The number of hydrogen-bond donors (Lipinski definition) is 2. The molecule has 0 aromatic heterocycles. The molecule has 0 heterocycles. The van der Waals surface area contributed by atoms with Crippen molar-refractivity contribution in [3.05, 3.63) is 0 Å². The van der Waals surface area contributed by atoms with E-state index in [2.05, 4.69) is 29.5 Å². The molecule has 0 bridgehead atoms. The first kappa shape index (κ1) is 13.2. The fraction of sp³-hybridized carbons (Fsp3) is 0.900. The van der Waals surface area contributed by atoms with Crippen molar-refractivity contribution in [2.75, 3.05) is 26.8 Å². The Morgan fingerprint density at radius 2 is 2.14 bits per heavy atom. The van der Waals surface area contributed by atoms with E-state index in [9.17, 15) is 0 Å². The average molecular weight is 201 g/mol. The molecule has 4 heteroatoms. The first-order valence-electron chi connectivity index (χ1n) is 5.25. The Bertz CT molecular complexity index is 157. The van der Waals surface area contributed by atoms with Gasteiger partial charge in [0.1, 0.15) is 0 Å². The Morgan fingerprint density at radius 3 is 2.64 bits per heavy atom. The van der Waals surface area contributed by atoms with Crippen molar-refractivity contribution in [1.82, 2.24) is 10.6 Å². The second kappa shape index (κ2) is 8.81. The second-order valence-electron chi connectivity index (χ2n) is 3.35. The molecular weight excluding hydrogens is 178 g/mol. The van der Waals surface area contributed by atoms with Crippen LogP contribution in [0.5, 0.6) is 0 Å². The van der Waals surface area contributed by atoms with Crippen molar-refractivity contribution in [2.45, 2.75) is 33.2 Å². The van der Waals surface area contributed by atoms with Crippen LogP contribution in [0, 0.1) is 0 Å². The van der Waals surface area contributed by atoms with Crippen LogP contribution in [-0.2, 0) is 4.74 Å². The summed E-state index contributed by atoms with van der Waals surface area (Å²) in [6, 6.07) is 0.410. The first-order valence-corrected chi connectivity index (χ1v) is 5.25. The van der Waals surface area contributed by atoms with Crippen LogP contribution in [0.2, 0.25) is 0 Å². The van der Waals surface area contributed by atoms with Gasteiger partial charge in [0.2, 0.25) is 0 Å². The lowest BCUT2D eigenvalue weighted by molar-refractivity contribution is 0.145. The average Bonchev–Trinajstić information content (AvgIpc) is 2.15. The van der Waals surface area contributed by atoms with Gasteiger partial charge in [-0.3, -0.25) is 4.99 Å². The predicted molar refractivity (Wildman–Crippen MR) is 60.7 cm³/mol. The molecule has 0 saturated carbocycles. The third-order valence-electron chi connectivity index (χ3n) is 1.61. The molecule has 14 heavy (non-hydrogen) atoms. The van der Waals surface area contributed by atoms with Gasteiger partial charge in [0.05, 0.1) is 0 Å². The monoisotopic (exact) mass is 201 g/mol. The van der Waals surface area contributed by atoms with E-state index in [1.807, 2.05) is 6.92 Å². The summed E-state index contributed by atoms with van der Waals surface area (Å²) < 4.78 is 5.23. The standard InChI is InChI=1S/C10H23N3O/c1-5-14-8-6-7-12-10(11-4)13-9(2)3/h9H,5-8H2,1-4H3,(H2,11,12,13). The number of nitrogens with one attached hydrogen (secondary N) is 2. The zero-order valence-electron chi connectivity index (χ0n) is 9.76. The van der Waals surface area contributed by atoms with Crippen LogP contribution >= 0.6 is 0 Å². The fourth-order valence-corrected chi connectivity index (χ4v) is 0.993. The Labute approximate surface area is 87.1 Å². The fourth-order valence-electron chi connectivity index (χ4n) is 0.993. The van der Waals surface area contributed by atoms with Gasteiger partial charge in [-0.05, 0) is 27.2 Å². The highest BCUT2D eigenvalue weighted by Gasteiger charge is 1.98. The summed E-state index contributed by atoms with van der Waals surface area (Å²) in [5, 5.41) is 6.44. The molecule has 0 aliphatic rings. The number of aliphatic imine (C=N–C) groups is 1. The van der Waals surface area contributed by atoms with Crippen molar-refractivity contribution >= 4 is 5.96 Å². The summed E-state index contributed by atoms with van der Waals surface area (Å²) in [5.41, 5.74) is 0. The first-order chi connectivity index (χ1) is 6.70. The summed E-state index contributed by atoms with van der Waals surface area (Å²) in [6.45, 7) is 8.68. The third-order valence-corrected chi connectivity index (χ3v) is 1.61. The van der Waals surface area contributed by atoms with E-state index in [0.29, 0.717) is 6.04 Å². The lowest BCUT2D eigenvalue weighted by atomic mass is 10.4. The Kier molecular flexibility index (Phi) is 8.33. The topological polar surface area (TPSA) is 45.6 Å². The molecule has 0 amide bonds. The van der Waals surface area contributed by atoms with E-state index < -0.39 is 0 Å². The van der Waals surface area contributed by atoms with Crippen LogP contribution in [0.25, 0.3) is 0 Å². The summed E-state index contributed by atoms with van der Waals surface area (Å²) >= 11 is 0. The minimum atomic E-state index is 0.410. The van der Waals surface area contributed by atoms with E-state index in [0.717, 1.165) is 32.1 Å². The van der Waals surface area contributed by atoms with Gasteiger partial charge >= 0.3 is 0 Å². The largest absolute Gasteiger partial charge is 0.382 e. The molecule has 0 fully saturated rings. The van der Waals surface area contributed by atoms with Gasteiger partial charge in [-0.2, -0.15) is 0 Å². The smallest absolute Gasteiger partial charge is 0.191 e. The predicted octanol–water partition coefficient (Wildman–Crippen LogP) is 0.986. The highest BCUT2D eigenvalue weighted by molar-refractivity contribution is 5.79. The van der Waals surface area contributed by atoms with Crippen LogP contribution in [0.1, 0.15) is 27.2 Å². The molecule has 84 valence electrons. The maximum absolute atomic E-state index is 5.23. The van der Waals surface area contributed by atoms with Crippen LogP contribution in [0.4, 0.5) is 0 Å². The zero-order valence-corrected chi connectivity index (χ0v) is 9.76. The van der Waals surface area contributed by atoms with Crippen molar-refractivity contribution < 1.29 is 4.74 Å². The molecule has 0 aliphatic carbocycles. The number of nitrogens with zero attached hydrogens (tertiary/aromatic N) is 1. The zero-order chi connectivity index (χ0) is 10.8. The van der Waals surface area contributed by atoms with E-state index in [4.69, 9.17) is 4.74 Å². The maximum Gasteiger partial charge on any atom is 0.191 e. The molecule has 0 aliphatic heterocycles. The molecule has 0 atom stereocenters. The van der Waals surface area contributed by atoms with Gasteiger partial charge in [0, 0.05) is 32.8 Å². The van der Waals surface area contributed by atoms with Crippen LogP contribution in [0.15, 0.2) is 4.99 Å². The van der Waals surface area contributed by atoms with Gasteiger partial charge in [-0.25, -0.2) is 0 Å². The van der Waals surface area contributed by atoms with E-state index >= 15 is 0 Å². The summed E-state index contributed by atoms with van der Waals surface area (Å²) in [5.74, 6) is 0.858. The molecule has 4 nitrogen and oxygen atoms in total. The maximum atomic E-state index is 5.23. The van der Waals surface area contributed by atoms with Gasteiger partial charge in [-0.15, -0.1) is 0 Å². The number of guanidine groups is 1. The van der Waals surface area contributed by atoms with Crippen molar-refractivity contribution in [3.63, 3.8) is 0 Å². The van der Waals surface area contributed by atoms with Crippen LogP contribution in [0.3, 0.4) is 0 Å². The lowest BCUT2D eigenvalue weighted by Crippen LogP contribution is -2.41. The normalized spacial score (nSPS) is 11.9. The molecule has 0 saturated heterocycles. The minimum Gasteiger partial charge on any atom is -0.382 e. The van der Waals surface area contributed by atoms with Gasteiger partial charge < -0.3 is 15.4 Å². The van der Waals surface area contributed by atoms with E-state index in [-0.39, 0.29) is 0 Å². The molecule has 2 N–H and O–H groups in total. The Hall–Kier alpha value is -0.770. The second-order valence-corrected chi connectivity index (χ2v) is 3.35.